The predicted molar refractivity (Wildman–Crippen MR) is 112 cm³/mol. The van der Waals surface area contributed by atoms with E-state index in [4.69, 9.17) is 14.2 Å². The van der Waals surface area contributed by atoms with E-state index in [2.05, 4.69) is 15.2 Å². The Labute approximate surface area is 176 Å². The average molecular weight is 409 g/mol. The van der Waals surface area contributed by atoms with Crippen LogP contribution >= 0.6 is 0 Å². The van der Waals surface area contributed by atoms with Crippen LogP contribution in [0.15, 0.2) is 36.7 Å². The summed E-state index contributed by atoms with van der Waals surface area (Å²) in [7, 11) is 1.63. The molecule has 7 heteroatoms. The summed E-state index contributed by atoms with van der Waals surface area (Å²) in [5.74, 6) is 2.00. The third-order valence-electron chi connectivity index (χ3n) is 6.48. The first-order valence-corrected chi connectivity index (χ1v) is 10.7. The molecule has 1 aromatic heterocycles. The summed E-state index contributed by atoms with van der Waals surface area (Å²) in [6.45, 7) is 3.67. The van der Waals surface area contributed by atoms with Crippen LogP contribution in [0.3, 0.4) is 0 Å². The molecular formula is C23H27N3O4. The van der Waals surface area contributed by atoms with Crippen LogP contribution in [-0.2, 0) is 4.74 Å². The van der Waals surface area contributed by atoms with Crippen LogP contribution in [-0.4, -0.2) is 55.4 Å². The Balaban J connectivity index is 1.28. The number of nitrogens with one attached hydrogen (secondary N) is 1. The van der Waals surface area contributed by atoms with Gasteiger partial charge in [0.2, 0.25) is 0 Å². The molecule has 1 N–H and O–H groups in total. The lowest BCUT2D eigenvalue weighted by molar-refractivity contribution is -0.0342. The zero-order valence-corrected chi connectivity index (χ0v) is 17.2. The van der Waals surface area contributed by atoms with E-state index in [0.29, 0.717) is 18.3 Å². The van der Waals surface area contributed by atoms with E-state index in [0.717, 1.165) is 61.3 Å². The van der Waals surface area contributed by atoms with E-state index in [9.17, 15) is 4.79 Å². The van der Waals surface area contributed by atoms with Gasteiger partial charge in [0.05, 0.1) is 26.0 Å². The highest BCUT2D eigenvalue weighted by molar-refractivity contribution is 5.70. The number of hydrogen-bond acceptors (Lipinski definition) is 6. The molecule has 1 unspecified atom stereocenters. The molecule has 0 spiro atoms. The predicted octanol–water partition coefficient (Wildman–Crippen LogP) is 3.40. The van der Waals surface area contributed by atoms with Crippen molar-refractivity contribution in [3.8, 4) is 22.6 Å². The fourth-order valence-corrected chi connectivity index (χ4v) is 4.77. The van der Waals surface area contributed by atoms with Crippen LogP contribution in [0.2, 0.25) is 0 Å². The molecule has 1 amide bonds. The van der Waals surface area contributed by atoms with Crippen LogP contribution in [0.4, 0.5) is 4.79 Å². The summed E-state index contributed by atoms with van der Waals surface area (Å²) in [4.78, 5) is 19.2. The quantitative estimate of drug-likeness (QED) is 0.834. The van der Waals surface area contributed by atoms with Gasteiger partial charge in [-0.2, -0.15) is 0 Å². The number of rotatable bonds is 4. The van der Waals surface area contributed by atoms with Crippen molar-refractivity contribution in [3.63, 3.8) is 0 Å². The topological polar surface area (TPSA) is 72.9 Å². The van der Waals surface area contributed by atoms with Gasteiger partial charge in [0.15, 0.2) is 0 Å². The summed E-state index contributed by atoms with van der Waals surface area (Å²) in [5.41, 5.74) is 2.93. The molecule has 2 atom stereocenters. The van der Waals surface area contributed by atoms with Gasteiger partial charge in [-0.3, -0.25) is 9.88 Å². The fourth-order valence-electron chi connectivity index (χ4n) is 4.77. The SMILES string of the molecule is COc1cncc(-c2ccc3c(c2)OCCC3NC(=O)O[C@H]2CN3CCC2CC3)c1. The third kappa shape index (κ3) is 3.81. The lowest BCUT2D eigenvalue weighted by Crippen LogP contribution is -2.52. The maximum absolute atomic E-state index is 12.6. The normalized spacial score (nSPS) is 27.0. The number of nitrogens with zero attached hydrogens (tertiary/aromatic N) is 2. The molecule has 30 heavy (non-hydrogen) atoms. The number of ether oxygens (including phenoxy) is 3. The molecule has 158 valence electrons. The first-order valence-electron chi connectivity index (χ1n) is 10.7. The number of piperidine rings is 3. The van der Waals surface area contributed by atoms with Crippen molar-refractivity contribution in [3.05, 3.63) is 42.2 Å². The minimum atomic E-state index is -0.326. The van der Waals surface area contributed by atoms with Crippen molar-refractivity contribution >= 4 is 6.09 Å². The summed E-state index contributed by atoms with van der Waals surface area (Å²) in [5, 5.41) is 3.07. The van der Waals surface area contributed by atoms with E-state index < -0.39 is 0 Å². The molecule has 0 saturated carbocycles. The third-order valence-corrected chi connectivity index (χ3v) is 6.48. The largest absolute Gasteiger partial charge is 0.495 e. The fraction of sp³-hybridized carbons (Fsp3) is 0.478. The molecule has 4 aliphatic rings. The highest BCUT2D eigenvalue weighted by Crippen LogP contribution is 2.36. The summed E-state index contributed by atoms with van der Waals surface area (Å²) >= 11 is 0. The molecule has 2 aromatic rings. The van der Waals surface area contributed by atoms with Gasteiger partial charge in [-0.05, 0) is 49.5 Å². The molecule has 0 radical (unpaired) electrons. The highest BCUT2D eigenvalue weighted by atomic mass is 16.6. The first-order chi connectivity index (χ1) is 14.7. The second kappa shape index (κ2) is 8.14. The molecular weight excluding hydrogens is 382 g/mol. The molecule has 5 heterocycles. The van der Waals surface area contributed by atoms with Gasteiger partial charge in [-0.25, -0.2) is 4.79 Å². The standard InChI is InChI=1S/C23H27N3O4/c1-28-18-10-17(12-24-13-18)16-2-3-19-20(6-9-29-21(19)11-16)25-23(27)30-22-14-26-7-4-15(22)5-8-26/h2-3,10-13,15,20,22H,4-9,14H2,1H3,(H,25,27)/t20?,22-/m0/s1. The number of aromatic nitrogens is 1. The van der Waals surface area contributed by atoms with Gasteiger partial charge >= 0.3 is 6.09 Å². The number of methoxy groups -OCH3 is 1. The Kier molecular flexibility index (Phi) is 5.21. The Morgan fingerprint density at radius 3 is 2.80 bits per heavy atom. The minimum absolute atomic E-state index is 0.00903. The number of carbonyl (C=O) groups is 1. The number of alkyl carbamates (subject to hydrolysis) is 1. The van der Waals surface area contributed by atoms with E-state index >= 15 is 0 Å². The van der Waals surface area contributed by atoms with Gasteiger partial charge < -0.3 is 19.5 Å². The highest BCUT2D eigenvalue weighted by Gasteiger charge is 2.37. The van der Waals surface area contributed by atoms with E-state index in [1.807, 2.05) is 24.3 Å². The summed E-state index contributed by atoms with van der Waals surface area (Å²) in [6.07, 6.45) is 6.14. The van der Waals surface area contributed by atoms with Gasteiger partial charge in [0.1, 0.15) is 17.6 Å². The number of benzene rings is 1. The Bertz CT molecular complexity index is 926. The number of pyridine rings is 1. The van der Waals surface area contributed by atoms with Gasteiger partial charge in [-0.1, -0.05) is 12.1 Å². The lowest BCUT2D eigenvalue weighted by Gasteiger charge is -2.44. The van der Waals surface area contributed by atoms with Crippen molar-refractivity contribution in [2.24, 2.45) is 5.92 Å². The number of amides is 1. The summed E-state index contributed by atoms with van der Waals surface area (Å²) < 4.78 is 17.0. The zero-order chi connectivity index (χ0) is 20.5. The van der Waals surface area contributed by atoms with Crippen molar-refractivity contribution < 1.29 is 19.0 Å². The van der Waals surface area contributed by atoms with Crippen LogP contribution in [0.5, 0.6) is 11.5 Å². The molecule has 6 rings (SSSR count). The smallest absolute Gasteiger partial charge is 0.407 e. The van der Waals surface area contributed by atoms with Crippen molar-refractivity contribution in [2.45, 2.75) is 31.4 Å². The molecule has 3 fully saturated rings. The Hall–Kier alpha value is -2.80. The van der Waals surface area contributed by atoms with Gasteiger partial charge in [0.25, 0.3) is 0 Å². The first kappa shape index (κ1) is 19.2. The number of carbonyl (C=O) groups excluding carboxylic acids is 1. The monoisotopic (exact) mass is 409 g/mol. The molecule has 1 aromatic carbocycles. The second-order valence-electron chi connectivity index (χ2n) is 8.28. The van der Waals surface area contributed by atoms with E-state index in [1.165, 1.54) is 0 Å². The van der Waals surface area contributed by atoms with Crippen LogP contribution in [0.25, 0.3) is 11.1 Å². The van der Waals surface area contributed by atoms with E-state index in [1.54, 1.807) is 19.5 Å². The van der Waals surface area contributed by atoms with Crippen molar-refractivity contribution in [2.75, 3.05) is 33.4 Å². The summed E-state index contributed by atoms with van der Waals surface area (Å²) in [6, 6.07) is 7.87. The van der Waals surface area contributed by atoms with Crippen molar-refractivity contribution in [1.82, 2.24) is 15.2 Å². The maximum Gasteiger partial charge on any atom is 0.407 e. The van der Waals surface area contributed by atoms with Gasteiger partial charge in [-0.15, -0.1) is 0 Å². The molecule has 2 bridgehead atoms. The van der Waals surface area contributed by atoms with Gasteiger partial charge in [0, 0.05) is 30.3 Å². The maximum atomic E-state index is 12.6. The molecule has 0 aliphatic carbocycles. The second-order valence-corrected chi connectivity index (χ2v) is 8.28. The van der Waals surface area contributed by atoms with Crippen LogP contribution < -0.4 is 14.8 Å². The number of hydrogen-bond donors (Lipinski definition) is 1. The Morgan fingerprint density at radius 1 is 1.17 bits per heavy atom. The molecule has 4 aliphatic heterocycles. The van der Waals surface area contributed by atoms with E-state index in [-0.39, 0.29) is 18.2 Å². The van der Waals surface area contributed by atoms with Crippen LogP contribution in [0, 0.1) is 5.92 Å². The molecule has 3 saturated heterocycles. The zero-order valence-electron chi connectivity index (χ0n) is 17.2. The average Bonchev–Trinajstić information content (AvgIpc) is 2.80. The number of fused-ring (bicyclic) bond motifs is 4. The lowest BCUT2D eigenvalue weighted by atomic mass is 9.86. The van der Waals surface area contributed by atoms with Crippen LogP contribution in [0.1, 0.15) is 30.9 Å². The Morgan fingerprint density at radius 2 is 2.03 bits per heavy atom. The molecule has 7 nitrogen and oxygen atoms in total. The van der Waals surface area contributed by atoms with Crippen molar-refractivity contribution in [1.29, 1.82) is 0 Å². The minimum Gasteiger partial charge on any atom is -0.495 e.